The maximum atomic E-state index is 3.79. The molecule has 0 N–H and O–H groups in total. The molecule has 0 aliphatic rings. The van der Waals surface area contributed by atoms with Gasteiger partial charge in [0.15, 0.2) is 0 Å². The fourth-order valence-corrected chi connectivity index (χ4v) is 1.01. The Morgan fingerprint density at radius 1 is 1.50 bits per heavy atom. The first-order valence-electron chi connectivity index (χ1n) is 3.98. The molecule has 0 rings (SSSR count). The van der Waals surface area contributed by atoms with E-state index >= 15 is 0 Å². The van der Waals surface area contributed by atoms with Crippen molar-refractivity contribution in [3.05, 3.63) is 12.8 Å². The lowest BCUT2D eigenvalue weighted by atomic mass is 10.1. The molecule has 0 aliphatic heterocycles. The van der Waals surface area contributed by atoms with Crippen LogP contribution in [0.1, 0.15) is 20.3 Å². The number of nitrogens with zero attached hydrogens (tertiary/aromatic N) is 1. The smallest absolute Gasteiger partial charge is 0.0881 e. The molecule has 0 spiro atoms. The second-order valence-corrected chi connectivity index (χ2v) is 3.66. The molecule has 0 saturated heterocycles. The molecule has 0 bridgehead atoms. The van der Waals surface area contributed by atoms with Crippen molar-refractivity contribution >= 4 is 0 Å². The fraction of sp³-hybridized carbons (Fsp3) is 0.778. The topological polar surface area (TPSA) is 0 Å². The summed E-state index contributed by atoms with van der Waals surface area (Å²) < 4.78 is 0.926. The lowest BCUT2D eigenvalue weighted by molar-refractivity contribution is -0.842. The Labute approximate surface area is 64.9 Å². The van der Waals surface area contributed by atoms with Crippen molar-refractivity contribution in [2.75, 3.05) is 20.6 Å². The number of rotatable bonds is 4. The fourth-order valence-electron chi connectivity index (χ4n) is 1.01. The summed E-state index contributed by atoms with van der Waals surface area (Å²) >= 11 is 0. The monoisotopic (exact) mass is 142 g/mol. The third-order valence-electron chi connectivity index (χ3n) is 1.97. The normalized spacial score (nSPS) is 14.8. The zero-order chi connectivity index (χ0) is 8.20. The lowest BCUT2D eigenvalue weighted by Gasteiger charge is -2.27. The predicted molar refractivity (Wildman–Crippen MR) is 46.6 cm³/mol. The molecule has 60 valence electrons. The predicted octanol–water partition coefficient (Wildman–Crippen LogP) is 2.25. The van der Waals surface area contributed by atoms with Crippen molar-refractivity contribution in [1.82, 2.24) is 0 Å². The molecule has 1 atom stereocenters. The van der Waals surface area contributed by atoms with Gasteiger partial charge in [0.05, 0.1) is 26.8 Å². The molecule has 0 amide bonds. The second kappa shape index (κ2) is 3.77. The highest BCUT2D eigenvalue weighted by atomic mass is 15.3. The van der Waals surface area contributed by atoms with E-state index in [-0.39, 0.29) is 0 Å². The molecule has 0 aromatic heterocycles. The Kier molecular flexibility index (Phi) is 3.66. The molecule has 10 heavy (non-hydrogen) atoms. The van der Waals surface area contributed by atoms with Crippen LogP contribution in [0, 0.1) is 5.92 Å². The highest BCUT2D eigenvalue weighted by molar-refractivity contribution is 4.55. The van der Waals surface area contributed by atoms with Gasteiger partial charge in [-0.15, -0.1) is 0 Å². The van der Waals surface area contributed by atoms with E-state index in [0.29, 0.717) is 0 Å². The largest absolute Gasteiger partial charge is 0.302 e. The summed E-state index contributed by atoms with van der Waals surface area (Å²) in [4.78, 5) is 0. The standard InChI is InChI=1S/C9H20N/c1-6-9(3)8-10(4,5)7-2/h7,9H,2,6,8H2,1,3-5H3/q+1. The van der Waals surface area contributed by atoms with Gasteiger partial charge in [0.2, 0.25) is 0 Å². The molecule has 1 heteroatoms. The summed E-state index contributed by atoms with van der Waals surface area (Å²) in [6, 6.07) is 0. The van der Waals surface area contributed by atoms with E-state index < -0.39 is 0 Å². The van der Waals surface area contributed by atoms with Crippen LogP contribution >= 0.6 is 0 Å². The van der Waals surface area contributed by atoms with Gasteiger partial charge < -0.3 is 4.48 Å². The van der Waals surface area contributed by atoms with E-state index in [0.717, 1.165) is 10.4 Å². The Bertz CT molecular complexity index is 105. The van der Waals surface area contributed by atoms with Crippen LogP contribution in [0.2, 0.25) is 0 Å². The van der Waals surface area contributed by atoms with Crippen LogP contribution in [0.15, 0.2) is 12.8 Å². The summed E-state index contributed by atoms with van der Waals surface area (Å²) in [5.41, 5.74) is 0. The van der Waals surface area contributed by atoms with Crippen LogP contribution in [0.3, 0.4) is 0 Å². The Morgan fingerprint density at radius 2 is 2.00 bits per heavy atom. The molecular weight excluding hydrogens is 122 g/mol. The minimum Gasteiger partial charge on any atom is -0.302 e. The third kappa shape index (κ3) is 3.67. The number of quaternary nitrogens is 1. The summed E-state index contributed by atoms with van der Waals surface area (Å²) in [6.07, 6.45) is 3.25. The molecule has 0 aromatic carbocycles. The van der Waals surface area contributed by atoms with Crippen molar-refractivity contribution in [1.29, 1.82) is 0 Å². The first kappa shape index (κ1) is 9.70. The van der Waals surface area contributed by atoms with E-state index in [1.54, 1.807) is 0 Å². The minimum absolute atomic E-state index is 0.799. The van der Waals surface area contributed by atoms with Gasteiger partial charge in [0.1, 0.15) is 0 Å². The summed E-state index contributed by atoms with van der Waals surface area (Å²) in [6.45, 7) is 9.50. The van der Waals surface area contributed by atoms with Crippen molar-refractivity contribution in [2.24, 2.45) is 5.92 Å². The second-order valence-electron chi connectivity index (χ2n) is 3.66. The number of hydrogen-bond acceptors (Lipinski definition) is 0. The molecule has 0 aromatic rings. The lowest BCUT2D eigenvalue weighted by Crippen LogP contribution is -2.36. The molecule has 0 saturated carbocycles. The SMILES string of the molecule is C=C[N+](C)(C)CC(C)CC. The van der Waals surface area contributed by atoms with E-state index in [1.165, 1.54) is 13.0 Å². The van der Waals surface area contributed by atoms with E-state index in [2.05, 4.69) is 34.5 Å². The van der Waals surface area contributed by atoms with Crippen LogP contribution in [0.5, 0.6) is 0 Å². The van der Waals surface area contributed by atoms with Crippen LogP contribution in [-0.2, 0) is 0 Å². The molecular formula is C9H20N+. The summed E-state index contributed by atoms with van der Waals surface area (Å²) in [5, 5.41) is 0. The molecule has 1 nitrogen and oxygen atoms in total. The van der Waals surface area contributed by atoms with Gasteiger partial charge in [-0.05, 0) is 13.0 Å². The zero-order valence-electron chi connectivity index (χ0n) is 7.72. The average molecular weight is 142 g/mol. The average Bonchev–Trinajstić information content (AvgIpc) is 1.87. The van der Waals surface area contributed by atoms with Crippen molar-refractivity contribution in [3.63, 3.8) is 0 Å². The van der Waals surface area contributed by atoms with Gasteiger partial charge in [-0.1, -0.05) is 13.8 Å². The van der Waals surface area contributed by atoms with Gasteiger partial charge in [0, 0.05) is 5.92 Å². The van der Waals surface area contributed by atoms with Crippen molar-refractivity contribution < 1.29 is 4.48 Å². The van der Waals surface area contributed by atoms with Gasteiger partial charge in [-0.25, -0.2) is 0 Å². The maximum absolute atomic E-state index is 3.79. The van der Waals surface area contributed by atoms with Gasteiger partial charge in [-0.3, -0.25) is 0 Å². The zero-order valence-corrected chi connectivity index (χ0v) is 7.72. The molecule has 0 aliphatic carbocycles. The molecule has 0 heterocycles. The Balaban J connectivity index is 3.75. The van der Waals surface area contributed by atoms with E-state index in [9.17, 15) is 0 Å². The van der Waals surface area contributed by atoms with Gasteiger partial charge in [-0.2, -0.15) is 0 Å². The Hall–Kier alpha value is -0.300. The first-order chi connectivity index (χ1) is 4.52. The van der Waals surface area contributed by atoms with Gasteiger partial charge >= 0.3 is 0 Å². The number of hydrogen-bond donors (Lipinski definition) is 0. The van der Waals surface area contributed by atoms with Crippen LogP contribution in [0.4, 0.5) is 0 Å². The van der Waals surface area contributed by atoms with Gasteiger partial charge in [0.25, 0.3) is 0 Å². The Morgan fingerprint density at radius 3 is 2.30 bits per heavy atom. The van der Waals surface area contributed by atoms with Crippen molar-refractivity contribution in [2.45, 2.75) is 20.3 Å². The molecule has 0 fully saturated rings. The third-order valence-corrected chi connectivity index (χ3v) is 1.97. The van der Waals surface area contributed by atoms with E-state index in [1.807, 2.05) is 6.20 Å². The van der Waals surface area contributed by atoms with Crippen LogP contribution in [0.25, 0.3) is 0 Å². The van der Waals surface area contributed by atoms with E-state index in [4.69, 9.17) is 0 Å². The van der Waals surface area contributed by atoms with Crippen LogP contribution in [-0.4, -0.2) is 25.1 Å². The van der Waals surface area contributed by atoms with Crippen molar-refractivity contribution in [3.8, 4) is 0 Å². The highest BCUT2D eigenvalue weighted by Crippen LogP contribution is 2.07. The maximum Gasteiger partial charge on any atom is 0.0881 e. The first-order valence-corrected chi connectivity index (χ1v) is 3.98. The summed E-state index contributed by atoms with van der Waals surface area (Å²) in [5.74, 6) is 0.799. The minimum atomic E-state index is 0.799. The molecule has 1 unspecified atom stereocenters. The van der Waals surface area contributed by atoms with Crippen LogP contribution < -0.4 is 0 Å². The highest BCUT2D eigenvalue weighted by Gasteiger charge is 2.13. The summed E-state index contributed by atoms with van der Waals surface area (Å²) in [7, 11) is 4.36. The quantitative estimate of drug-likeness (QED) is 0.528. The molecule has 0 radical (unpaired) electrons.